The summed E-state index contributed by atoms with van der Waals surface area (Å²) in [5.41, 5.74) is 8.16. The molecule has 0 bridgehead atoms. The number of nitrogens with two attached hydrogens (primary N) is 1. The van der Waals surface area contributed by atoms with Crippen LogP contribution in [-0.4, -0.2) is 29.2 Å². The van der Waals surface area contributed by atoms with Crippen LogP contribution in [0.1, 0.15) is 55.4 Å². The van der Waals surface area contributed by atoms with Gasteiger partial charge in [-0.05, 0) is 79.7 Å². The van der Waals surface area contributed by atoms with Crippen LogP contribution in [-0.2, 0) is 0 Å². The van der Waals surface area contributed by atoms with Gasteiger partial charge in [-0.2, -0.15) is 0 Å². The SMILES string of the molecule is CC(C)Nc1cc(N)ccc1OC(C)C.CC(C)Nc1cc([N+](=O)[O-])ccc1OC(C)C. The second-order valence-electron chi connectivity index (χ2n) is 8.62. The minimum Gasteiger partial charge on any atom is -0.489 e. The first kappa shape index (κ1) is 26.9. The van der Waals surface area contributed by atoms with E-state index in [1.807, 2.05) is 59.7 Å². The molecule has 0 spiro atoms. The highest BCUT2D eigenvalue weighted by atomic mass is 16.6. The molecular weight excluding hydrogens is 408 g/mol. The van der Waals surface area contributed by atoms with Crippen LogP contribution in [0.25, 0.3) is 0 Å². The molecule has 2 aromatic carbocycles. The Morgan fingerprint density at radius 2 is 1.22 bits per heavy atom. The van der Waals surface area contributed by atoms with Gasteiger partial charge in [-0.3, -0.25) is 10.1 Å². The zero-order valence-electron chi connectivity index (χ0n) is 20.4. The maximum atomic E-state index is 10.7. The van der Waals surface area contributed by atoms with Crippen molar-refractivity contribution in [1.82, 2.24) is 0 Å². The van der Waals surface area contributed by atoms with E-state index >= 15 is 0 Å². The molecule has 8 nitrogen and oxygen atoms in total. The maximum absolute atomic E-state index is 10.7. The molecule has 8 heteroatoms. The summed E-state index contributed by atoms with van der Waals surface area (Å²) < 4.78 is 11.3. The number of non-ortho nitro benzene ring substituents is 1. The smallest absolute Gasteiger partial charge is 0.271 e. The molecule has 0 aliphatic heterocycles. The summed E-state index contributed by atoms with van der Waals surface area (Å²) in [6.45, 7) is 16.0. The zero-order valence-corrected chi connectivity index (χ0v) is 20.4. The second-order valence-corrected chi connectivity index (χ2v) is 8.62. The highest BCUT2D eigenvalue weighted by molar-refractivity contribution is 5.64. The van der Waals surface area contributed by atoms with Crippen molar-refractivity contribution in [2.75, 3.05) is 16.4 Å². The summed E-state index contributed by atoms with van der Waals surface area (Å²) in [5.74, 6) is 1.49. The summed E-state index contributed by atoms with van der Waals surface area (Å²) in [4.78, 5) is 10.3. The fourth-order valence-electron chi connectivity index (χ4n) is 2.74. The Morgan fingerprint density at radius 3 is 1.62 bits per heavy atom. The van der Waals surface area contributed by atoms with Gasteiger partial charge in [-0.25, -0.2) is 0 Å². The van der Waals surface area contributed by atoms with Gasteiger partial charge >= 0.3 is 0 Å². The number of nitrogen functional groups attached to an aromatic ring is 1. The van der Waals surface area contributed by atoms with Gasteiger partial charge in [0, 0.05) is 29.9 Å². The third kappa shape index (κ3) is 9.76. The highest BCUT2D eigenvalue weighted by Crippen LogP contribution is 2.30. The standard InChI is InChI=1S/C12H18N2O3.C12H20N2O/c1-8(2)13-11-7-10(14(15)16)5-6-12(11)17-9(3)4;1-8(2)14-11-7-10(13)5-6-12(11)15-9(3)4/h5-9,13H,1-4H3;5-9,14H,13H2,1-4H3. The molecule has 0 unspecified atom stereocenters. The van der Waals surface area contributed by atoms with Gasteiger partial charge in [0.15, 0.2) is 0 Å². The molecule has 0 fully saturated rings. The topological polar surface area (TPSA) is 112 Å². The normalized spacial score (nSPS) is 10.8. The summed E-state index contributed by atoms with van der Waals surface area (Å²) >= 11 is 0. The average Bonchev–Trinajstić information content (AvgIpc) is 2.64. The van der Waals surface area contributed by atoms with Gasteiger partial charge in [0.1, 0.15) is 11.5 Å². The minimum atomic E-state index is -0.412. The van der Waals surface area contributed by atoms with E-state index in [4.69, 9.17) is 15.2 Å². The van der Waals surface area contributed by atoms with Crippen LogP contribution in [0.5, 0.6) is 11.5 Å². The van der Waals surface area contributed by atoms with E-state index in [0.29, 0.717) is 17.5 Å². The lowest BCUT2D eigenvalue weighted by molar-refractivity contribution is -0.384. The van der Waals surface area contributed by atoms with E-state index in [9.17, 15) is 10.1 Å². The Kier molecular flexibility index (Phi) is 10.6. The minimum absolute atomic E-state index is 0.0316. The van der Waals surface area contributed by atoms with E-state index in [1.165, 1.54) is 12.1 Å². The predicted molar refractivity (Wildman–Crippen MR) is 133 cm³/mol. The third-order valence-electron chi connectivity index (χ3n) is 3.79. The van der Waals surface area contributed by atoms with E-state index in [-0.39, 0.29) is 23.9 Å². The Balaban J connectivity index is 0.000000323. The van der Waals surface area contributed by atoms with Crippen molar-refractivity contribution in [3.8, 4) is 11.5 Å². The van der Waals surface area contributed by atoms with E-state index in [1.54, 1.807) is 6.07 Å². The molecule has 0 saturated carbocycles. The van der Waals surface area contributed by atoms with Crippen molar-refractivity contribution >= 4 is 22.7 Å². The summed E-state index contributed by atoms with van der Waals surface area (Å²) in [6.07, 6.45) is 0.200. The fourth-order valence-corrected chi connectivity index (χ4v) is 2.74. The monoisotopic (exact) mass is 446 g/mol. The van der Waals surface area contributed by atoms with E-state index < -0.39 is 4.92 Å². The number of nitro groups is 1. The lowest BCUT2D eigenvalue weighted by Gasteiger charge is -2.17. The fraction of sp³-hybridized carbons (Fsp3) is 0.500. The molecule has 2 aromatic rings. The molecule has 0 aliphatic carbocycles. The van der Waals surface area contributed by atoms with Gasteiger partial charge < -0.3 is 25.8 Å². The van der Waals surface area contributed by atoms with Crippen LogP contribution in [0, 0.1) is 10.1 Å². The Hall–Kier alpha value is -3.16. The van der Waals surface area contributed by atoms with Gasteiger partial charge in [0.2, 0.25) is 0 Å². The molecule has 32 heavy (non-hydrogen) atoms. The van der Waals surface area contributed by atoms with Crippen LogP contribution in [0.3, 0.4) is 0 Å². The third-order valence-corrected chi connectivity index (χ3v) is 3.79. The number of rotatable bonds is 9. The molecule has 2 rings (SSSR count). The molecule has 4 N–H and O–H groups in total. The molecule has 0 atom stereocenters. The lowest BCUT2D eigenvalue weighted by atomic mass is 10.2. The van der Waals surface area contributed by atoms with Gasteiger partial charge in [-0.15, -0.1) is 0 Å². The lowest BCUT2D eigenvalue weighted by Crippen LogP contribution is -2.13. The predicted octanol–water partition coefficient (Wildman–Crippen LogP) is 6.08. The number of ether oxygens (including phenoxy) is 2. The first-order chi connectivity index (χ1) is 14.9. The number of benzene rings is 2. The second kappa shape index (κ2) is 12.6. The summed E-state index contributed by atoms with van der Waals surface area (Å²) in [5, 5.41) is 17.2. The average molecular weight is 447 g/mol. The van der Waals surface area contributed by atoms with Crippen LogP contribution in [0.15, 0.2) is 36.4 Å². The Labute approximate surface area is 191 Å². The van der Waals surface area contributed by atoms with Crippen molar-refractivity contribution in [1.29, 1.82) is 0 Å². The molecular formula is C24H38N4O4. The molecule has 0 radical (unpaired) electrons. The highest BCUT2D eigenvalue weighted by Gasteiger charge is 2.13. The Bertz CT molecular complexity index is 867. The van der Waals surface area contributed by atoms with Gasteiger partial charge in [0.25, 0.3) is 5.69 Å². The van der Waals surface area contributed by atoms with Crippen molar-refractivity contribution in [2.24, 2.45) is 0 Å². The van der Waals surface area contributed by atoms with Gasteiger partial charge in [-0.1, -0.05) is 0 Å². The van der Waals surface area contributed by atoms with Crippen LogP contribution >= 0.6 is 0 Å². The van der Waals surface area contributed by atoms with E-state index in [0.717, 1.165) is 17.1 Å². The number of anilines is 3. The van der Waals surface area contributed by atoms with E-state index in [2.05, 4.69) is 24.5 Å². The van der Waals surface area contributed by atoms with Crippen molar-refractivity contribution < 1.29 is 14.4 Å². The molecule has 0 heterocycles. The molecule has 178 valence electrons. The van der Waals surface area contributed by atoms with Crippen molar-refractivity contribution in [3.63, 3.8) is 0 Å². The number of hydrogen-bond donors (Lipinski definition) is 3. The molecule has 0 amide bonds. The maximum Gasteiger partial charge on any atom is 0.271 e. The quantitative estimate of drug-likeness (QED) is 0.243. The largest absolute Gasteiger partial charge is 0.489 e. The first-order valence-corrected chi connectivity index (χ1v) is 10.9. The Morgan fingerprint density at radius 1 is 0.781 bits per heavy atom. The van der Waals surface area contributed by atoms with Crippen LogP contribution in [0.2, 0.25) is 0 Å². The number of nitrogens with one attached hydrogen (secondary N) is 2. The molecule has 0 aliphatic rings. The van der Waals surface area contributed by atoms with Crippen molar-refractivity contribution in [3.05, 3.63) is 46.5 Å². The number of nitro benzene ring substituents is 1. The number of nitrogens with zero attached hydrogens (tertiary/aromatic N) is 1. The van der Waals surface area contributed by atoms with Crippen LogP contribution < -0.4 is 25.8 Å². The molecule has 0 saturated heterocycles. The number of hydrogen-bond acceptors (Lipinski definition) is 7. The zero-order chi connectivity index (χ0) is 24.4. The van der Waals surface area contributed by atoms with Gasteiger partial charge in [0.05, 0.1) is 28.5 Å². The summed E-state index contributed by atoms with van der Waals surface area (Å²) in [7, 11) is 0. The first-order valence-electron chi connectivity index (χ1n) is 10.9. The van der Waals surface area contributed by atoms with Crippen LogP contribution in [0.4, 0.5) is 22.7 Å². The van der Waals surface area contributed by atoms with Crippen molar-refractivity contribution in [2.45, 2.75) is 79.7 Å². The molecule has 0 aromatic heterocycles. The summed E-state index contributed by atoms with van der Waals surface area (Å²) in [6, 6.07) is 10.8.